The average molecular weight is 858 g/mol. The van der Waals surface area contributed by atoms with E-state index in [9.17, 15) is 45.0 Å². The first kappa shape index (κ1) is 47.4. The molecule has 0 aromatic heterocycles. The summed E-state index contributed by atoms with van der Waals surface area (Å²) in [4.78, 5) is 40.7. The van der Waals surface area contributed by atoms with Gasteiger partial charge >= 0.3 is 5.97 Å². The summed E-state index contributed by atoms with van der Waals surface area (Å²) in [5, 5.41) is 72.0. The maximum absolute atomic E-state index is 14.1. The van der Waals surface area contributed by atoms with Crippen molar-refractivity contribution in [2.45, 2.75) is 171 Å². The number of carbonyl (C=O) groups is 3. The van der Waals surface area contributed by atoms with Crippen LogP contribution in [0, 0.1) is 40.4 Å². The number of alkyl halides is 2. The first-order chi connectivity index (χ1) is 26.7. The standard InChI is InChI=1S/C44H70Cl2N2O10/c1-10-33-42(9,56)36(52)27(5)48(23-24(2)21-41(8,55)35(51)25(3)34(50)26(4)37(53)58-33)19-11-18-47-38(54)43(57)17-15-30-31-13-12-28-20-29(49)14-16-39(28,6)44(31,46)32(45)22-40(30,43)7/h14,16,20,24-27,30-36,50-52,55-57H,10-13,15,17-19,21-23H2,1-9H3,(H,47,54)/t24-,25+,26-,27-,30?,31?,32+,33-,34+,35-,36-,39+,40+,41-,42-,43+,44+/m1/s1. The van der Waals surface area contributed by atoms with Gasteiger partial charge in [0.15, 0.2) is 5.78 Å². The molecule has 1 aliphatic heterocycles. The summed E-state index contributed by atoms with van der Waals surface area (Å²) in [6.45, 7) is 16.2. The van der Waals surface area contributed by atoms with Gasteiger partial charge in [0.25, 0.3) is 5.91 Å². The van der Waals surface area contributed by atoms with Crippen LogP contribution in [0.4, 0.5) is 0 Å². The van der Waals surface area contributed by atoms with Crippen molar-refractivity contribution >= 4 is 40.9 Å². The molecule has 14 heteroatoms. The molecule has 0 bridgehead atoms. The highest BCUT2D eigenvalue weighted by atomic mass is 35.5. The fourth-order valence-electron chi connectivity index (χ4n) is 12.0. The van der Waals surface area contributed by atoms with Crippen LogP contribution in [0.2, 0.25) is 0 Å². The summed E-state index contributed by atoms with van der Waals surface area (Å²) in [5.41, 5.74) is -5.73. The second-order valence-corrected chi connectivity index (χ2v) is 20.9. The van der Waals surface area contributed by atoms with Gasteiger partial charge in [-0.1, -0.05) is 46.3 Å². The van der Waals surface area contributed by atoms with Crippen molar-refractivity contribution in [3.05, 3.63) is 23.8 Å². The molecule has 0 radical (unpaired) electrons. The molecule has 5 rings (SSSR count). The molecule has 17 atom stereocenters. The van der Waals surface area contributed by atoms with Crippen molar-refractivity contribution in [2.75, 3.05) is 19.6 Å². The monoisotopic (exact) mass is 856 g/mol. The number of ether oxygens (including phenoxy) is 1. The van der Waals surface area contributed by atoms with Crippen LogP contribution < -0.4 is 5.32 Å². The minimum atomic E-state index is -1.89. The highest BCUT2D eigenvalue weighted by molar-refractivity contribution is 6.34. The second kappa shape index (κ2) is 16.9. The third kappa shape index (κ3) is 7.87. The molecule has 4 fully saturated rings. The lowest BCUT2D eigenvalue weighted by molar-refractivity contribution is -0.193. The second-order valence-electron chi connectivity index (χ2n) is 19.7. The van der Waals surface area contributed by atoms with Gasteiger partial charge in [-0.25, -0.2) is 0 Å². The van der Waals surface area contributed by atoms with E-state index in [0.29, 0.717) is 45.2 Å². The Morgan fingerprint density at radius 1 is 0.983 bits per heavy atom. The number of allylic oxidation sites excluding steroid dienone is 4. The Kier molecular flexibility index (Phi) is 13.8. The number of nitrogens with one attached hydrogen (secondary N) is 1. The zero-order valence-corrected chi connectivity index (χ0v) is 37.4. The third-order valence-corrected chi connectivity index (χ3v) is 17.4. The van der Waals surface area contributed by atoms with Crippen LogP contribution in [0.15, 0.2) is 23.8 Å². The van der Waals surface area contributed by atoms with E-state index in [1.54, 1.807) is 32.9 Å². The Balaban J connectivity index is 1.31. The minimum absolute atomic E-state index is 0.0579. The van der Waals surface area contributed by atoms with Crippen LogP contribution in [-0.2, 0) is 19.1 Å². The van der Waals surface area contributed by atoms with Gasteiger partial charge < -0.3 is 40.7 Å². The highest BCUT2D eigenvalue weighted by Crippen LogP contribution is 2.71. The van der Waals surface area contributed by atoms with Crippen LogP contribution in [0.1, 0.15) is 114 Å². The largest absolute Gasteiger partial charge is 0.459 e. The zero-order chi connectivity index (χ0) is 43.6. The molecule has 5 aliphatic rings. The molecular weight excluding hydrogens is 787 g/mol. The topological polar surface area (TPSA) is 197 Å². The number of ketones is 1. The Hall–Kier alpha value is -1.61. The molecule has 330 valence electrons. The van der Waals surface area contributed by atoms with E-state index in [1.165, 1.54) is 20.8 Å². The fraction of sp³-hybridized carbons (Fsp3) is 0.841. The van der Waals surface area contributed by atoms with Crippen LogP contribution in [0.3, 0.4) is 0 Å². The Labute approximate surface area is 354 Å². The molecule has 0 aromatic rings. The maximum Gasteiger partial charge on any atom is 0.311 e. The predicted molar refractivity (Wildman–Crippen MR) is 222 cm³/mol. The third-order valence-electron chi connectivity index (χ3n) is 15.8. The predicted octanol–water partition coefficient (Wildman–Crippen LogP) is 4.02. The summed E-state index contributed by atoms with van der Waals surface area (Å²) in [5.74, 6) is -3.73. The highest BCUT2D eigenvalue weighted by Gasteiger charge is 2.73. The van der Waals surface area contributed by atoms with Crippen molar-refractivity contribution in [3.8, 4) is 0 Å². The van der Waals surface area contributed by atoms with Crippen molar-refractivity contribution in [3.63, 3.8) is 0 Å². The van der Waals surface area contributed by atoms with Crippen LogP contribution in [-0.4, -0.2) is 130 Å². The molecule has 1 heterocycles. The SMILES string of the molecule is CC[C@H]1OC(=O)[C@H](C)[C@@H](O)[C@H](C)[C@@H](O)[C@](C)(O)C[C@@H](C)CN(CCCNC(=O)[C@@]2(O)CCC3C4CCC5=CC(=O)C=C[C@]5(C)[C@@]4(Cl)[C@@H](Cl)C[C@@]32C)[C@H](C)[C@@H](O)[C@]1(C)O. The normalized spacial score (nSPS) is 49.4. The molecule has 0 aromatic carbocycles. The van der Waals surface area contributed by atoms with E-state index >= 15 is 0 Å². The molecule has 58 heavy (non-hydrogen) atoms. The van der Waals surface area contributed by atoms with Gasteiger partial charge in [-0.15, -0.1) is 23.2 Å². The van der Waals surface area contributed by atoms with Crippen LogP contribution in [0.5, 0.6) is 0 Å². The van der Waals surface area contributed by atoms with Gasteiger partial charge in [0.05, 0.1) is 34.0 Å². The van der Waals surface area contributed by atoms with Crippen molar-refractivity contribution in [1.29, 1.82) is 0 Å². The van der Waals surface area contributed by atoms with Crippen LogP contribution >= 0.6 is 23.2 Å². The molecule has 4 aliphatic carbocycles. The Morgan fingerprint density at radius 2 is 1.64 bits per heavy atom. The minimum Gasteiger partial charge on any atom is -0.459 e. The van der Waals surface area contributed by atoms with E-state index in [4.69, 9.17) is 27.9 Å². The first-order valence-electron chi connectivity index (χ1n) is 21.5. The van der Waals surface area contributed by atoms with E-state index in [2.05, 4.69) is 5.32 Å². The lowest BCUT2D eigenvalue weighted by Crippen LogP contribution is -2.68. The number of cyclic esters (lactones) is 1. The lowest BCUT2D eigenvalue weighted by Gasteiger charge is -2.63. The molecule has 3 saturated carbocycles. The number of aliphatic hydroxyl groups is 6. The van der Waals surface area contributed by atoms with E-state index in [1.807, 2.05) is 31.7 Å². The number of hydrogen-bond donors (Lipinski definition) is 7. The first-order valence-corrected chi connectivity index (χ1v) is 22.3. The molecular formula is C44H70Cl2N2O10. The number of amides is 1. The fourth-order valence-corrected chi connectivity index (χ4v) is 13.2. The number of fused-ring (bicyclic) bond motifs is 5. The molecule has 2 unspecified atom stereocenters. The summed E-state index contributed by atoms with van der Waals surface area (Å²) in [6.07, 6.45) is 3.17. The number of rotatable bonds is 6. The van der Waals surface area contributed by atoms with Gasteiger partial charge in [-0.2, -0.15) is 0 Å². The van der Waals surface area contributed by atoms with Gasteiger partial charge in [0, 0.05) is 42.4 Å². The van der Waals surface area contributed by atoms with Gasteiger partial charge in [0.2, 0.25) is 0 Å². The Bertz CT molecular complexity index is 1620. The van der Waals surface area contributed by atoms with E-state index < -0.39 is 92.1 Å². The Morgan fingerprint density at radius 3 is 2.28 bits per heavy atom. The molecule has 7 N–H and O–H groups in total. The van der Waals surface area contributed by atoms with E-state index in [-0.39, 0.29) is 49.3 Å². The molecule has 1 saturated heterocycles. The molecule has 0 spiro atoms. The average Bonchev–Trinajstić information content (AvgIpc) is 3.42. The molecule has 1 amide bonds. The van der Waals surface area contributed by atoms with Gasteiger partial charge in [-0.05, 0) is 109 Å². The van der Waals surface area contributed by atoms with Crippen LogP contribution in [0.25, 0.3) is 0 Å². The van der Waals surface area contributed by atoms with E-state index in [0.717, 1.165) is 5.57 Å². The summed E-state index contributed by atoms with van der Waals surface area (Å²) in [7, 11) is 0. The van der Waals surface area contributed by atoms with Gasteiger partial charge in [0.1, 0.15) is 23.4 Å². The number of nitrogens with zero attached hydrogens (tertiary/aromatic N) is 1. The summed E-state index contributed by atoms with van der Waals surface area (Å²) >= 11 is 14.9. The summed E-state index contributed by atoms with van der Waals surface area (Å²) < 4.78 is 5.71. The van der Waals surface area contributed by atoms with Crippen molar-refractivity contribution in [1.82, 2.24) is 10.2 Å². The maximum atomic E-state index is 14.1. The zero-order valence-electron chi connectivity index (χ0n) is 35.9. The smallest absolute Gasteiger partial charge is 0.311 e. The number of halogens is 2. The lowest BCUT2D eigenvalue weighted by atomic mass is 9.46. The molecule has 12 nitrogen and oxygen atoms in total. The number of esters is 1. The van der Waals surface area contributed by atoms with Crippen molar-refractivity contribution in [2.24, 2.45) is 40.4 Å². The number of carbonyl (C=O) groups excluding carboxylic acids is 3. The van der Waals surface area contributed by atoms with Gasteiger partial charge in [-0.3, -0.25) is 19.3 Å². The number of aliphatic hydroxyl groups excluding tert-OH is 3. The quantitative estimate of drug-likeness (QED) is 0.116. The van der Waals surface area contributed by atoms with Crippen molar-refractivity contribution < 1.29 is 49.8 Å². The number of hydrogen-bond acceptors (Lipinski definition) is 11. The summed E-state index contributed by atoms with van der Waals surface area (Å²) in [6, 6.07) is -0.690.